The van der Waals surface area contributed by atoms with Gasteiger partial charge in [0.1, 0.15) is 5.56 Å². The van der Waals surface area contributed by atoms with Crippen molar-refractivity contribution < 1.29 is 4.79 Å². The second-order valence-electron chi connectivity index (χ2n) is 5.84. The van der Waals surface area contributed by atoms with E-state index in [1.54, 1.807) is 6.92 Å². The van der Waals surface area contributed by atoms with Crippen LogP contribution in [0.4, 0.5) is 0 Å². The SMILES string of the molecule is Cc1cc(=O)c(C(=O)NCC2(CN)CCCCC2)c[nH]1. The number of carbonyl (C=O) groups is 1. The van der Waals surface area contributed by atoms with Crippen molar-refractivity contribution in [3.05, 3.63) is 33.7 Å². The van der Waals surface area contributed by atoms with E-state index in [0.717, 1.165) is 31.4 Å². The normalized spacial score (nSPS) is 17.7. The minimum atomic E-state index is -0.315. The van der Waals surface area contributed by atoms with E-state index in [9.17, 15) is 9.59 Å². The van der Waals surface area contributed by atoms with Crippen molar-refractivity contribution in [3.63, 3.8) is 0 Å². The molecule has 0 aliphatic heterocycles. The molecule has 1 heterocycles. The summed E-state index contributed by atoms with van der Waals surface area (Å²) in [5, 5.41) is 2.88. The maximum absolute atomic E-state index is 12.1. The van der Waals surface area contributed by atoms with Gasteiger partial charge in [0.2, 0.25) is 0 Å². The maximum atomic E-state index is 12.1. The zero-order chi connectivity index (χ0) is 14.6. The van der Waals surface area contributed by atoms with E-state index >= 15 is 0 Å². The van der Waals surface area contributed by atoms with Gasteiger partial charge in [0.05, 0.1) is 0 Å². The minimum absolute atomic E-state index is 0.00533. The Bertz CT molecular complexity index is 530. The number of aromatic nitrogens is 1. The summed E-state index contributed by atoms with van der Waals surface area (Å²) in [6.45, 7) is 2.92. The predicted octanol–water partition coefficient (Wildman–Crippen LogP) is 1.32. The highest BCUT2D eigenvalue weighted by atomic mass is 16.2. The number of hydrogen-bond acceptors (Lipinski definition) is 3. The fourth-order valence-corrected chi connectivity index (χ4v) is 2.87. The van der Waals surface area contributed by atoms with Crippen LogP contribution in [0.1, 0.15) is 48.2 Å². The number of H-pyrrole nitrogens is 1. The molecule has 5 nitrogen and oxygen atoms in total. The minimum Gasteiger partial charge on any atom is -0.364 e. The lowest BCUT2D eigenvalue weighted by atomic mass is 9.74. The Morgan fingerprint density at radius 3 is 2.70 bits per heavy atom. The van der Waals surface area contributed by atoms with Crippen molar-refractivity contribution in [1.29, 1.82) is 0 Å². The van der Waals surface area contributed by atoms with Gasteiger partial charge in [-0.1, -0.05) is 19.3 Å². The number of nitrogens with one attached hydrogen (secondary N) is 2. The fraction of sp³-hybridized carbons (Fsp3) is 0.600. The molecule has 0 aromatic carbocycles. The van der Waals surface area contributed by atoms with Gasteiger partial charge in [0, 0.05) is 24.5 Å². The molecular formula is C15H23N3O2. The fourth-order valence-electron chi connectivity index (χ4n) is 2.87. The Kier molecular flexibility index (Phi) is 4.60. The van der Waals surface area contributed by atoms with Crippen LogP contribution in [-0.4, -0.2) is 24.0 Å². The second-order valence-corrected chi connectivity index (χ2v) is 5.84. The van der Waals surface area contributed by atoms with Crippen LogP contribution in [0.3, 0.4) is 0 Å². The first-order valence-corrected chi connectivity index (χ1v) is 7.24. The summed E-state index contributed by atoms with van der Waals surface area (Å²) >= 11 is 0. The summed E-state index contributed by atoms with van der Waals surface area (Å²) < 4.78 is 0. The Morgan fingerprint density at radius 2 is 2.10 bits per heavy atom. The van der Waals surface area contributed by atoms with E-state index in [0.29, 0.717) is 13.1 Å². The number of rotatable bonds is 4. The molecule has 4 N–H and O–H groups in total. The highest BCUT2D eigenvalue weighted by Crippen LogP contribution is 2.34. The molecule has 1 aliphatic rings. The van der Waals surface area contributed by atoms with Crippen LogP contribution >= 0.6 is 0 Å². The lowest BCUT2D eigenvalue weighted by Crippen LogP contribution is -2.44. The van der Waals surface area contributed by atoms with Crippen LogP contribution in [-0.2, 0) is 0 Å². The Hall–Kier alpha value is -1.62. The highest BCUT2D eigenvalue weighted by Gasteiger charge is 2.31. The van der Waals surface area contributed by atoms with Crippen molar-refractivity contribution in [1.82, 2.24) is 10.3 Å². The Morgan fingerprint density at radius 1 is 1.40 bits per heavy atom. The zero-order valence-corrected chi connectivity index (χ0v) is 12.0. The number of carbonyl (C=O) groups excluding carboxylic acids is 1. The molecule has 2 rings (SSSR count). The molecule has 1 amide bonds. The number of pyridine rings is 1. The molecule has 20 heavy (non-hydrogen) atoms. The van der Waals surface area contributed by atoms with E-state index in [-0.39, 0.29) is 22.3 Å². The summed E-state index contributed by atoms with van der Waals surface area (Å²) in [6.07, 6.45) is 7.15. The zero-order valence-electron chi connectivity index (χ0n) is 12.0. The predicted molar refractivity (Wildman–Crippen MR) is 78.7 cm³/mol. The summed E-state index contributed by atoms with van der Waals surface area (Å²) in [5.74, 6) is -0.315. The third-order valence-corrected chi connectivity index (χ3v) is 4.27. The van der Waals surface area contributed by atoms with Crippen molar-refractivity contribution in [2.75, 3.05) is 13.1 Å². The molecule has 1 aromatic heterocycles. The number of nitrogens with two attached hydrogens (primary N) is 1. The molecule has 0 atom stereocenters. The number of aryl methyl sites for hydroxylation is 1. The van der Waals surface area contributed by atoms with Crippen LogP contribution in [0.2, 0.25) is 0 Å². The van der Waals surface area contributed by atoms with Gasteiger partial charge < -0.3 is 16.0 Å². The molecule has 0 unspecified atom stereocenters. The van der Waals surface area contributed by atoms with E-state index < -0.39 is 0 Å². The van der Waals surface area contributed by atoms with Crippen LogP contribution in [0.15, 0.2) is 17.1 Å². The molecular weight excluding hydrogens is 254 g/mol. The van der Waals surface area contributed by atoms with E-state index in [4.69, 9.17) is 5.73 Å². The number of hydrogen-bond donors (Lipinski definition) is 3. The molecule has 0 saturated heterocycles. The van der Waals surface area contributed by atoms with Crippen molar-refractivity contribution in [2.45, 2.75) is 39.0 Å². The quantitative estimate of drug-likeness (QED) is 0.775. The summed E-state index contributed by atoms with van der Waals surface area (Å²) in [4.78, 5) is 26.8. The summed E-state index contributed by atoms with van der Waals surface area (Å²) in [7, 11) is 0. The first kappa shape index (κ1) is 14.8. The van der Waals surface area contributed by atoms with E-state index in [1.807, 2.05) is 0 Å². The maximum Gasteiger partial charge on any atom is 0.256 e. The molecule has 1 aliphatic carbocycles. The Balaban J connectivity index is 2.02. The molecule has 0 spiro atoms. The van der Waals surface area contributed by atoms with Gasteiger partial charge in [-0.25, -0.2) is 0 Å². The van der Waals surface area contributed by atoms with Crippen molar-refractivity contribution >= 4 is 5.91 Å². The molecule has 1 fully saturated rings. The third kappa shape index (κ3) is 3.28. The Labute approximate surface area is 119 Å². The average Bonchev–Trinajstić information content (AvgIpc) is 2.46. The molecule has 1 saturated carbocycles. The molecule has 0 bridgehead atoms. The first-order chi connectivity index (χ1) is 9.56. The average molecular weight is 277 g/mol. The van der Waals surface area contributed by atoms with Crippen molar-refractivity contribution in [3.8, 4) is 0 Å². The highest BCUT2D eigenvalue weighted by molar-refractivity contribution is 5.93. The summed E-state index contributed by atoms with van der Waals surface area (Å²) in [5.41, 5.74) is 6.57. The lowest BCUT2D eigenvalue weighted by Gasteiger charge is -2.36. The van der Waals surface area contributed by atoms with Gasteiger partial charge in [-0.05, 0) is 31.7 Å². The van der Waals surface area contributed by atoms with Gasteiger partial charge >= 0.3 is 0 Å². The molecule has 1 aromatic rings. The number of aromatic amines is 1. The van der Waals surface area contributed by atoms with Crippen LogP contribution in [0, 0.1) is 12.3 Å². The van der Waals surface area contributed by atoms with Gasteiger partial charge in [-0.2, -0.15) is 0 Å². The topological polar surface area (TPSA) is 88.0 Å². The smallest absolute Gasteiger partial charge is 0.256 e. The van der Waals surface area contributed by atoms with Crippen molar-refractivity contribution in [2.24, 2.45) is 11.1 Å². The molecule has 5 heteroatoms. The van der Waals surface area contributed by atoms with E-state index in [2.05, 4.69) is 10.3 Å². The van der Waals surface area contributed by atoms with Crippen LogP contribution in [0.5, 0.6) is 0 Å². The van der Waals surface area contributed by atoms with Gasteiger partial charge in [0.15, 0.2) is 5.43 Å². The molecule has 0 radical (unpaired) electrons. The van der Waals surface area contributed by atoms with Crippen LogP contribution in [0.25, 0.3) is 0 Å². The largest absolute Gasteiger partial charge is 0.364 e. The van der Waals surface area contributed by atoms with Gasteiger partial charge in [-0.15, -0.1) is 0 Å². The van der Waals surface area contributed by atoms with Gasteiger partial charge in [-0.3, -0.25) is 9.59 Å². The van der Waals surface area contributed by atoms with Gasteiger partial charge in [0.25, 0.3) is 5.91 Å². The third-order valence-electron chi connectivity index (χ3n) is 4.27. The monoisotopic (exact) mass is 277 g/mol. The molecule has 110 valence electrons. The second kappa shape index (κ2) is 6.22. The summed E-state index contributed by atoms with van der Waals surface area (Å²) in [6, 6.07) is 1.44. The van der Waals surface area contributed by atoms with Crippen LogP contribution < -0.4 is 16.5 Å². The number of amides is 1. The first-order valence-electron chi connectivity index (χ1n) is 7.24. The van der Waals surface area contributed by atoms with E-state index in [1.165, 1.54) is 18.7 Å². The lowest BCUT2D eigenvalue weighted by molar-refractivity contribution is 0.0912. The standard InChI is InChI=1S/C15H23N3O2/c1-11-7-13(19)12(8-17-11)14(20)18-10-15(9-16)5-3-2-4-6-15/h7-8H,2-6,9-10,16H2,1H3,(H,17,19)(H,18,20).